The molecule has 6 amide bonds. The maximum atomic E-state index is 14.8. The van der Waals surface area contributed by atoms with Crippen LogP contribution in [0.1, 0.15) is 106 Å². The van der Waals surface area contributed by atoms with Crippen LogP contribution in [0.25, 0.3) is 11.1 Å². The first-order valence-corrected chi connectivity index (χ1v) is 26.2. The number of unbranched alkanes of at least 4 members (excludes halogenated alkanes) is 2. The molecule has 8 rings (SSSR count). The Bertz CT molecular complexity index is 2690. The first-order valence-electron chi connectivity index (χ1n) is 26.2. The van der Waals surface area contributed by atoms with Crippen LogP contribution in [0.4, 0.5) is 21.0 Å². The van der Waals surface area contributed by atoms with Crippen LogP contribution in [0.5, 0.6) is 0 Å². The van der Waals surface area contributed by atoms with E-state index in [4.69, 9.17) is 18.9 Å². The van der Waals surface area contributed by atoms with Gasteiger partial charge >= 0.3 is 18.2 Å². The number of ether oxygens (including phenoxy) is 4. The topological polar surface area (TPSA) is 214 Å². The molecule has 4 aromatic carbocycles. The molecule has 3 fully saturated rings. The average Bonchev–Trinajstić information content (AvgIpc) is 4.16. The molecular weight excluding hydrogens is 959 g/mol. The quantitative estimate of drug-likeness (QED) is 0.0541. The van der Waals surface area contributed by atoms with E-state index in [1.807, 2.05) is 41.3 Å². The lowest BCUT2D eigenvalue weighted by Gasteiger charge is -2.33. The van der Waals surface area contributed by atoms with E-state index in [1.54, 1.807) is 54.6 Å². The summed E-state index contributed by atoms with van der Waals surface area (Å²) < 4.78 is 21.2. The van der Waals surface area contributed by atoms with E-state index in [9.17, 15) is 33.6 Å². The predicted octanol–water partition coefficient (Wildman–Crippen LogP) is 7.24. The molecule has 3 heterocycles. The smallest absolute Gasteiger partial charge is 0.407 e. The van der Waals surface area contributed by atoms with Gasteiger partial charge in [0.2, 0.25) is 11.8 Å². The molecule has 4 aliphatic rings. The number of carbonyl (C=O) groups is 7. The molecule has 0 radical (unpaired) electrons. The number of fused-ring (bicyclic) bond motifs is 3. The number of hydrogen-bond acceptors (Lipinski definition) is 12. The Morgan fingerprint density at radius 1 is 0.653 bits per heavy atom. The third kappa shape index (κ3) is 12.3. The number of amides is 6. The normalized spacial score (nSPS) is 19.4. The van der Waals surface area contributed by atoms with Gasteiger partial charge < -0.3 is 50.0 Å². The Morgan fingerprint density at radius 3 is 1.67 bits per heavy atom. The second kappa shape index (κ2) is 24.8. The molecule has 0 spiro atoms. The largest absolute Gasteiger partial charge is 0.459 e. The van der Waals surface area contributed by atoms with Crippen molar-refractivity contribution < 1.29 is 52.5 Å². The minimum absolute atomic E-state index is 0.0265. The zero-order chi connectivity index (χ0) is 53.1. The SMILES string of the molecule is CCCCC1(CCCC)c2cc(NC(=O)[C@@H]3CCCN3C(=O)[C@H](NC(=O)OC)c3ccccc3)ccc2-c2ccc(NC(=O)[C@@H]3C[C@@H](OC(=O)CN4CCOCC4)CN3C(=O)[C@H](NC(=O)OC)c3ccccc3)cc21. The minimum atomic E-state index is -1.20. The van der Waals surface area contributed by atoms with E-state index < -0.39 is 71.6 Å². The second-order valence-corrected chi connectivity index (χ2v) is 19.7. The van der Waals surface area contributed by atoms with Crippen LogP contribution >= 0.6 is 0 Å². The number of likely N-dealkylation sites (tertiary alicyclic amines) is 2. The number of methoxy groups -OCH3 is 2. The number of alkyl carbamates (subject to hydrolysis) is 2. The maximum absolute atomic E-state index is 14.8. The lowest BCUT2D eigenvalue weighted by Crippen LogP contribution is -2.48. The molecule has 4 N–H and O–H groups in total. The van der Waals surface area contributed by atoms with Crippen LogP contribution in [-0.2, 0) is 48.3 Å². The standard InChI is InChI=1S/C57H69N7O11/c1-5-7-25-57(26-8-6-2)44-32-39(58-51(66)46-20-15-27-63(46)53(68)49(60-55(70)72-3)37-16-11-9-12-17-37)21-23-42(44)43-24-22-40(33-45(43)57)59-52(67)47-34-41(75-48(65)36-62-28-30-74-31-29-62)35-64(47)54(69)50(61-56(71)73-4)38-18-13-10-14-19-38/h9-14,16-19,21-24,32-33,41,46-47,49-50H,5-8,15,20,25-31,34-36H2,1-4H3,(H,58,66)(H,59,67)(H,60,70)(H,61,71)/t41-,46+,47+,49-,50-/m1/s1. The van der Waals surface area contributed by atoms with Crippen LogP contribution in [0.2, 0.25) is 0 Å². The van der Waals surface area contributed by atoms with Gasteiger partial charge in [0.05, 0.1) is 40.5 Å². The third-order valence-corrected chi connectivity index (χ3v) is 14.9. The Balaban J connectivity index is 1.06. The maximum Gasteiger partial charge on any atom is 0.407 e. The Hall–Kier alpha value is -7.31. The summed E-state index contributed by atoms with van der Waals surface area (Å²) in [7, 11) is 2.44. The zero-order valence-electron chi connectivity index (χ0n) is 43.3. The van der Waals surface area contributed by atoms with Crippen LogP contribution in [0.15, 0.2) is 97.1 Å². The number of nitrogens with zero attached hydrogens (tertiary/aromatic N) is 3. The molecule has 0 saturated carbocycles. The lowest BCUT2D eigenvalue weighted by molar-refractivity contribution is -0.151. The Labute approximate surface area is 438 Å². The minimum Gasteiger partial charge on any atom is -0.459 e. The van der Waals surface area contributed by atoms with Crippen molar-refractivity contribution in [3.63, 3.8) is 0 Å². The number of anilines is 2. The summed E-state index contributed by atoms with van der Waals surface area (Å²) in [6, 6.07) is 25.3. The number of carbonyl (C=O) groups excluding carboxylic acids is 7. The fraction of sp³-hybridized carbons (Fsp3) is 0.456. The van der Waals surface area contributed by atoms with Crippen molar-refractivity contribution >= 4 is 53.2 Å². The highest BCUT2D eigenvalue weighted by molar-refractivity contribution is 6.01. The number of rotatable bonds is 19. The van der Waals surface area contributed by atoms with Crippen LogP contribution in [-0.4, -0.2) is 135 Å². The number of nitrogens with one attached hydrogen (secondary N) is 4. The fourth-order valence-corrected chi connectivity index (χ4v) is 11.1. The molecule has 0 bridgehead atoms. The molecule has 398 valence electrons. The molecule has 18 heteroatoms. The van der Waals surface area contributed by atoms with Gasteiger partial charge in [-0.3, -0.25) is 28.9 Å². The van der Waals surface area contributed by atoms with Gasteiger partial charge in [0.1, 0.15) is 30.3 Å². The van der Waals surface area contributed by atoms with Gasteiger partial charge in [-0.15, -0.1) is 0 Å². The highest BCUT2D eigenvalue weighted by Crippen LogP contribution is 2.55. The summed E-state index contributed by atoms with van der Waals surface area (Å²) in [4.78, 5) is 101. The van der Waals surface area contributed by atoms with E-state index in [2.05, 4.69) is 41.2 Å². The molecule has 0 unspecified atom stereocenters. The Kier molecular flexibility index (Phi) is 17.9. The molecule has 18 nitrogen and oxygen atoms in total. The summed E-state index contributed by atoms with van der Waals surface area (Å²) in [5.74, 6) is -2.26. The molecule has 5 atom stereocenters. The van der Waals surface area contributed by atoms with Crippen molar-refractivity contribution in [2.75, 3.05) is 70.8 Å². The van der Waals surface area contributed by atoms with Crippen molar-refractivity contribution in [2.45, 2.75) is 107 Å². The second-order valence-electron chi connectivity index (χ2n) is 19.7. The van der Waals surface area contributed by atoms with E-state index in [0.717, 1.165) is 60.8 Å². The van der Waals surface area contributed by atoms with Gasteiger partial charge in [-0.1, -0.05) is 112 Å². The highest BCUT2D eigenvalue weighted by Gasteiger charge is 2.46. The molecular formula is C57H69N7O11. The van der Waals surface area contributed by atoms with Crippen molar-refractivity contribution in [1.82, 2.24) is 25.3 Å². The fourth-order valence-electron chi connectivity index (χ4n) is 11.1. The zero-order valence-corrected chi connectivity index (χ0v) is 43.3. The summed E-state index contributed by atoms with van der Waals surface area (Å²) in [6.07, 6.45) is 3.97. The molecule has 1 aliphatic carbocycles. The van der Waals surface area contributed by atoms with E-state index in [0.29, 0.717) is 68.2 Å². The first-order chi connectivity index (χ1) is 36.4. The number of morpholine rings is 1. The van der Waals surface area contributed by atoms with Crippen molar-refractivity contribution in [3.05, 3.63) is 119 Å². The van der Waals surface area contributed by atoms with E-state index in [1.165, 1.54) is 24.0 Å². The van der Waals surface area contributed by atoms with E-state index in [-0.39, 0.29) is 25.4 Å². The summed E-state index contributed by atoms with van der Waals surface area (Å²) in [5, 5.41) is 11.6. The number of benzene rings is 4. The molecule has 3 saturated heterocycles. The number of esters is 1. The van der Waals surface area contributed by atoms with Gasteiger partial charge in [-0.2, -0.15) is 0 Å². The molecule has 0 aromatic heterocycles. The highest BCUT2D eigenvalue weighted by atomic mass is 16.6. The van der Waals surface area contributed by atoms with Gasteiger partial charge in [-0.05, 0) is 83.3 Å². The molecule has 4 aromatic rings. The average molecular weight is 1030 g/mol. The molecule has 75 heavy (non-hydrogen) atoms. The summed E-state index contributed by atoms with van der Waals surface area (Å²) >= 11 is 0. The van der Waals surface area contributed by atoms with Crippen molar-refractivity contribution in [2.24, 2.45) is 0 Å². The summed E-state index contributed by atoms with van der Waals surface area (Å²) in [5.41, 5.74) is 5.79. The van der Waals surface area contributed by atoms with E-state index >= 15 is 0 Å². The third-order valence-electron chi connectivity index (χ3n) is 14.9. The van der Waals surface area contributed by atoms with Crippen molar-refractivity contribution in [1.29, 1.82) is 0 Å². The number of hydrogen-bond donors (Lipinski definition) is 4. The molecule has 3 aliphatic heterocycles. The van der Waals surface area contributed by atoms with Crippen LogP contribution in [0.3, 0.4) is 0 Å². The first kappa shape index (κ1) is 54.0. The van der Waals surface area contributed by atoms with Gasteiger partial charge in [0.25, 0.3) is 11.8 Å². The van der Waals surface area contributed by atoms with Crippen LogP contribution in [0, 0.1) is 0 Å². The van der Waals surface area contributed by atoms with Gasteiger partial charge in [0.15, 0.2) is 0 Å². The Morgan fingerprint density at radius 2 is 1.16 bits per heavy atom. The van der Waals surface area contributed by atoms with Gasteiger partial charge in [0, 0.05) is 42.8 Å². The van der Waals surface area contributed by atoms with Gasteiger partial charge in [-0.25, -0.2) is 9.59 Å². The predicted molar refractivity (Wildman–Crippen MR) is 280 cm³/mol. The van der Waals surface area contributed by atoms with Crippen LogP contribution < -0.4 is 21.3 Å². The summed E-state index contributed by atoms with van der Waals surface area (Å²) in [6.45, 7) is 6.77. The monoisotopic (exact) mass is 1030 g/mol. The van der Waals surface area contributed by atoms with Crippen molar-refractivity contribution in [3.8, 4) is 11.1 Å². The lowest BCUT2D eigenvalue weighted by atomic mass is 9.70.